The van der Waals surface area contributed by atoms with Crippen LogP contribution in [-0.4, -0.2) is 25.7 Å². The van der Waals surface area contributed by atoms with Crippen molar-refractivity contribution in [2.75, 3.05) is 19.5 Å². The number of nitrogens with two attached hydrogens (primary N) is 1. The summed E-state index contributed by atoms with van der Waals surface area (Å²) in [7, 11) is 3.14. The summed E-state index contributed by atoms with van der Waals surface area (Å²) in [5.74, 6) is 1.08. The average molecular weight is 250 g/mol. The van der Waals surface area contributed by atoms with Gasteiger partial charge in [-0.05, 0) is 31.4 Å². The fourth-order valence-electron chi connectivity index (χ4n) is 1.72. The molecule has 0 radical (unpaired) electrons. The van der Waals surface area contributed by atoms with E-state index < -0.39 is 5.54 Å². The van der Waals surface area contributed by atoms with Crippen molar-refractivity contribution in [1.82, 2.24) is 0 Å². The number of aryl methyl sites for hydroxylation is 1. The summed E-state index contributed by atoms with van der Waals surface area (Å²) in [4.78, 5) is 11.9. The molecule has 5 heteroatoms. The zero-order valence-corrected chi connectivity index (χ0v) is 10.9. The van der Waals surface area contributed by atoms with Gasteiger partial charge in [0.25, 0.3) is 0 Å². The lowest BCUT2D eigenvalue weighted by Crippen LogP contribution is -2.38. The number of carbonyl (C=O) groups excluding carboxylic acids is 1. The summed E-state index contributed by atoms with van der Waals surface area (Å²) >= 11 is 0. The average Bonchev–Trinajstić information content (AvgIpc) is 3.10. The molecule has 0 atom stereocenters. The van der Waals surface area contributed by atoms with Gasteiger partial charge >= 0.3 is 0 Å². The first kappa shape index (κ1) is 12.7. The number of anilines is 1. The molecule has 0 saturated heterocycles. The number of nitrogens with one attached hydrogen (secondary N) is 1. The van der Waals surface area contributed by atoms with Crippen LogP contribution in [0.2, 0.25) is 0 Å². The van der Waals surface area contributed by atoms with Crippen LogP contribution in [0.1, 0.15) is 18.4 Å². The van der Waals surface area contributed by atoms with Crippen molar-refractivity contribution in [2.45, 2.75) is 25.3 Å². The van der Waals surface area contributed by atoms with Gasteiger partial charge < -0.3 is 20.5 Å². The van der Waals surface area contributed by atoms with Crippen molar-refractivity contribution in [3.05, 3.63) is 17.7 Å². The Bertz CT molecular complexity index is 481. The first-order chi connectivity index (χ1) is 8.50. The minimum Gasteiger partial charge on any atom is -0.493 e. The van der Waals surface area contributed by atoms with Gasteiger partial charge in [0.15, 0.2) is 11.5 Å². The Morgan fingerprint density at radius 3 is 2.33 bits per heavy atom. The number of ether oxygens (including phenoxy) is 2. The second-order valence-corrected chi connectivity index (χ2v) is 4.63. The number of rotatable bonds is 4. The highest BCUT2D eigenvalue weighted by Gasteiger charge is 2.46. The number of hydrogen-bond donors (Lipinski definition) is 2. The van der Waals surface area contributed by atoms with E-state index >= 15 is 0 Å². The minimum atomic E-state index is -0.681. The molecule has 0 bridgehead atoms. The van der Waals surface area contributed by atoms with Crippen LogP contribution in [0.15, 0.2) is 12.1 Å². The van der Waals surface area contributed by atoms with Gasteiger partial charge in [0.2, 0.25) is 5.91 Å². The molecule has 1 fully saturated rings. The molecule has 0 aliphatic heterocycles. The van der Waals surface area contributed by atoms with Crippen LogP contribution in [0, 0.1) is 6.92 Å². The monoisotopic (exact) mass is 250 g/mol. The van der Waals surface area contributed by atoms with Crippen molar-refractivity contribution in [3.63, 3.8) is 0 Å². The summed E-state index contributed by atoms with van der Waals surface area (Å²) in [5.41, 5.74) is 6.78. The van der Waals surface area contributed by atoms with Crippen LogP contribution in [0.4, 0.5) is 5.69 Å². The van der Waals surface area contributed by atoms with Crippen LogP contribution in [-0.2, 0) is 4.79 Å². The summed E-state index contributed by atoms with van der Waals surface area (Å²) in [6.45, 7) is 1.90. The van der Waals surface area contributed by atoms with E-state index in [-0.39, 0.29) is 5.91 Å². The van der Waals surface area contributed by atoms with Gasteiger partial charge in [0.05, 0.1) is 19.8 Å². The molecule has 0 aromatic heterocycles. The number of hydrogen-bond acceptors (Lipinski definition) is 4. The normalized spacial score (nSPS) is 16.0. The van der Waals surface area contributed by atoms with Gasteiger partial charge in [0.1, 0.15) is 0 Å². The van der Waals surface area contributed by atoms with E-state index in [9.17, 15) is 4.79 Å². The highest BCUT2D eigenvalue weighted by atomic mass is 16.5. The SMILES string of the molecule is COc1cc(C)c(NC(=O)C2(N)CC2)cc1OC. The Balaban J connectivity index is 2.25. The molecular formula is C13H18N2O3. The van der Waals surface area contributed by atoms with Crippen LogP contribution in [0.25, 0.3) is 0 Å². The van der Waals surface area contributed by atoms with E-state index in [0.29, 0.717) is 17.2 Å². The van der Waals surface area contributed by atoms with Gasteiger partial charge in [-0.15, -0.1) is 0 Å². The fourth-order valence-corrected chi connectivity index (χ4v) is 1.72. The summed E-state index contributed by atoms with van der Waals surface area (Å²) in [5, 5.41) is 2.84. The van der Waals surface area contributed by atoms with Crippen LogP contribution >= 0.6 is 0 Å². The van der Waals surface area contributed by atoms with E-state index in [1.807, 2.05) is 13.0 Å². The van der Waals surface area contributed by atoms with Crippen molar-refractivity contribution in [1.29, 1.82) is 0 Å². The molecular weight excluding hydrogens is 232 g/mol. The molecule has 1 aliphatic carbocycles. The van der Waals surface area contributed by atoms with Crippen molar-refractivity contribution < 1.29 is 14.3 Å². The van der Waals surface area contributed by atoms with Crippen LogP contribution < -0.4 is 20.5 Å². The third kappa shape index (κ3) is 2.26. The Morgan fingerprint density at radius 2 is 1.83 bits per heavy atom. The summed E-state index contributed by atoms with van der Waals surface area (Å²) in [6.07, 6.45) is 1.48. The van der Waals surface area contributed by atoms with Crippen molar-refractivity contribution in [2.24, 2.45) is 5.73 Å². The molecule has 2 rings (SSSR count). The number of carbonyl (C=O) groups is 1. The number of amides is 1. The van der Waals surface area contributed by atoms with Crippen molar-refractivity contribution in [3.8, 4) is 11.5 Å². The molecule has 98 valence electrons. The van der Waals surface area contributed by atoms with E-state index in [2.05, 4.69) is 5.32 Å². The van der Waals surface area contributed by atoms with Gasteiger partial charge in [-0.25, -0.2) is 0 Å². The maximum Gasteiger partial charge on any atom is 0.244 e. The molecule has 3 N–H and O–H groups in total. The predicted octanol–water partition coefficient (Wildman–Crippen LogP) is 1.44. The Hall–Kier alpha value is -1.75. The Morgan fingerprint density at radius 1 is 1.28 bits per heavy atom. The zero-order valence-electron chi connectivity index (χ0n) is 10.9. The van der Waals surface area contributed by atoms with Crippen LogP contribution in [0.3, 0.4) is 0 Å². The zero-order chi connectivity index (χ0) is 13.3. The lowest BCUT2D eigenvalue weighted by Gasteiger charge is -2.15. The third-order valence-electron chi connectivity index (χ3n) is 3.22. The van der Waals surface area contributed by atoms with Crippen molar-refractivity contribution >= 4 is 11.6 Å². The molecule has 1 aromatic rings. The molecule has 1 aliphatic rings. The van der Waals surface area contributed by atoms with Crippen LogP contribution in [0.5, 0.6) is 11.5 Å². The van der Waals surface area contributed by atoms with E-state index in [1.54, 1.807) is 20.3 Å². The highest BCUT2D eigenvalue weighted by molar-refractivity contribution is 6.00. The fraction of sp³-hybridized carbons (Fsp3) is 0.462. The molecule has 1 amide bonds. The molecule has 0 heterocycles. The number of benzene rings is 1. The first-order valence-electron chi connectivity index (χ1n) is 5.83. The molecule has 0 spiro atoms. The molecule has 5 nitrogen and oxygen atoms in total. The molecule has 1 aromatic carbocycles. The largest absolute Gasteiger partial charge is 0.493 e. The highest BCUT2D eigenvalue weighted by Crippen LogP contribution is 2.36. The van der Waals surface area contributed by atoms with Gasteiger partial charge in [-0.1, -0.05) is 0 Å². The van der Waals surface area contributed by atoms with E-state index in [4.69, 9.17) is 15.2 Å². The molecule has 1 saturated carbocycles. The quantitative estimate of drug-likeness (QED) is 0.848. The smallest absolute Gasteiger partial charge is 0.244 e. The van der Waals surface area contributed by atoms with Gasteiger partial charge in [0, 0.05) is 11.8 Å². The lowest BCUT2D eigenvalue weighted by molar-refractivity contribution is -0.118. The molecule has 0 unspecified atom stereocenters. The maximum absolute atomic E-state index is 11.9. The lowest BCUT2D eigenvalue weighted by atomic mass is 10.1. The summed E-state index contributed by atoms with van der Waals surface area (Å²) in [6, 6.07) is 3.57. The Labute approximate surface area is 106 Å². The third-order valence-corrected chi connectivity index (χ3v) is 3.22. The molecule has 18 heavy (non-hydrogen) atoms. The van der Waals surface area contributed by atoms with E-state index in [0.717, 1.165) is 18.4 Å². The topological polar surface area (TPSA) is 73.6 Å². The van der Waals surface area contributed by atoms with E-state index in [1.165, 1.54) is 0 Å². The summed E-state index contributed by atoms with van der Waals surface area (Å²) < 4.78 is 10.4. The van der Waals surface area contributed by atoms with Gasteiger partial charge in [-0.2, -0.15) is 0 Å². The minimum absolute atomic E-state index is 0.141. The van der Waals surface area contributed by atoms with Gasteiger partial charge in [-0.3, -0.25) is 4.79 Å². The maximum atomic E-state index is 11.9. The Kier molecular flexibility index (Phi) is 3.17. The second kappa shape index (κ2) is 4.49. The predicted molar refractivity (Wildman–Crippen MR) is 69.1 cm³/mol. The first-order valence-corrected chi connectivity index (χ1v) is 5.83. The second-order valence-electron chi connectivity index (χ2n) is 4.63. The standard InChI is InChI=1S/C13H18N2O3/c1-8-6-10(17-2)11(18-3)7-9(8)15-12(16)13(14)4-5-13/h6-7H,4-5,14H2,1-3H3,(H,15,16). The number of methoxy groups -OCH3 is 2.